The highest BCUT2D eigenvalue weighted by Gasteiger charge is 2.34. The highest BCUT2D eigenvalue weighted by atomic mass is 16.5. The van der Waals surface area contributed by atoms with Crippen molar-refractivity contribution >= 4 is 0 Å². The molecule has 2 aliphatic carbocycles. The van der Waals surface area contributed by atoms with Gasteiger partial charge in [-0.1, -0.05) is 39.8 Å². The number of benzene rings is 1. The monoisotopic (exact) mass is 246 g/mol. The third-order valence-electron chi connectivity index (χ3n) is 4.47. The minimum atomic E-state index is 0.256. The Morgan fingerprint density at radius 3 is 2.33 bits per heavy atom. The van der Waals surface area contributed by atoms with Gasteiger partial charge in [0.1, 0.15) is 5.75 Å². The van der Waals surface area contributed by atoms with E-state index >= 15 is 0 Å². The van der Waals surface area contributed by atoms with Crippen molar-refractivity contribution in [2.45, 2.75) is 60.0 Å². The van der Waals surface area contributed by atoms with Gasteiger partial charge >= 0.3 is 0 Å². The zero-order chi connectivity index (χ0) is 13.5. The maximum absolute atomic E-state index is 5.89. The average Bonchev–Trinajstić information content (AvgIpc) is 2.24. The lowest BCUT2D eigenvalue weighted by molar-refractivity contribution is 0.207. The lowest BCUT2D eigenvalue weighted by atomic mass is 9.67. The molecule has 0 unspecified atom stereocenters. The molecule has 0 aliphatic heterocycles. The molecule has 100 valence electrons. The second kappa shape index (κ2) is 4.60. The van der Waals surface area contributed by atoms with Gasteiger partial charge < -0.3 is 4.74 Å². The van der Waals surface area contributed by atoms with Crippen molar-refractivity contribution in [3.05, 3.63) is 29.3 Å². The summed E-state index contributed by atoms with van der Waals surface area (Å²) in [5.74, 6) is 2.39. The van der Waals surface area contributed by atoms with Crippen molar-refractivity contribution in [1.29, 1.82) is 0 Å². The maximum Gasteiger partial charge on any atom is 0.123 e. The number of fused-ring (bicyclic) bond motifs is 2. The number of hydrogen-bond acceptors (Lipinski definition) is 1. The van der Waals surface area contributed by atoms with E-state index in [1.54, 1.807) is 0 Å². The van der Waals surface area contributed by atoms with Gasteiger partial charge in [0.25, 0.3) is 0 Å². The molecule has 1 aromatic carbocycles. The topological polar surface area (TPSA) is 9.23 Å². The summed E-state index contributed by atoms with van der Waals surface area (Å²) in [6.07, 6.45) is 1.48. The van der Waals surface area contributed by atoms with E-state index in [2.05, 4.69) is 59.7 Å². The number of ether oxygens (including phenoxy) is 1. The summed E-state index contributed by atoms with van der Waals surface area (Å²) in [6.45, 7) is 13.6. The van der Waals surface area contributed by atoms with Gasteiger partial charge in [-0.2, -0.15) is 0 Å². The molecule has 0 radical (unpaired) electrons. The molecule has 0 saturated carbocycles. The first-order valence-corrected chi connectivity index (χ1v) is 7.12. The first kappa shape index (κ1) is 13.5. The molecule has 0 saturated heterocycles. The molecule has 1 nitrogen and oxygen atoms in total. The normalized spacial score (nSPS) is 18.1. The Morgan fingerprint density at radius 1 is 1.17 bits per heavy atom. The van der Waals surface area contributed by atoms with Crippen LogP contribution in [0.1, 0.15) is 65.0 Å². The molecule has 0 heterocycles. The second-order valence-electron chi connectivity index (χ2n) is 6.86. The van der Waals surface area contributed by atoms with Crippen LogP contribution in [0.5, 0.6) is 5.75 Å². The van der Waals surface area contributed by atoms with E-state index < -0.39 is 0 Å². The summed E-state index contributed by atoms with van der Waals surface area (Å²) in [5.41, 5.74) is 3.27. The average molecular weight is 246 g/mol. The standard InChI is InChI=1S/C17H26O/c1-11(2)17(5,6)10-15-13-7-8-16(14(15)9-13)18-12(3)4/h7-9,11-12,15H,10H2,1-6H3/t15-/m0/s1. The van der Waals surface area contributed by atoms with Crippen LogP contribution in [0.2, 0.25) is 0 Å². The largest absolute Gasteiger partial charge is 0.491 e. The third-order valence-corrected chi connectivity index (χ3v) is 4.47. The summed E-state index contributed by atoms with van der Waals surface area (Å²) in [5, 5.41) is 0. The van der Waals surface area contributed by atoms with Gasteiger partial charge in [-0.15, -0.1) is 0 Å². The lowest BCUT2D eigenvalue weighted by Gasteiger charge is -2.38. The SMILES string of the molecule is CC(C)Oc1ccc2cc1[C@H]2CC(C)(C)C(C)C. The Balaban J connectivity index is 2.13. The smallest absolute Gasteiger partial charge is 0.123 e. The van der Waals surface area contributed by atoms with Gasteiger partial charge in [-0.3, -0.25) is 0 Å². The number of rotatable bonds is 5. The van der Waals surface area contributed by atoms with Gasteiger partial charge in [0.05, 0.1) is 6.10 Å². The molecule has 18 heavy (non-hydrogen) atoms. The summed E-state index contributed by atoms with van der Waals surface area (Å²) >= 11 is 0. The van der Waals surface area contributed by atoms with Gasteiger partial charge in [-0.05, 0) is 43.2 Å². The van der Waals surface area contributed by atoms with Crippen LogP contribution in [0.25, 0.3) is 0 Å². The third kappa shape index (κ3) is 2.41. The summed E-state index contributed by atoms with van der Waals surface area (Å²) < 4.78 is 5.89. The molecule has 0 fully saturated rings. The van der Waals surface area contributed by atoms with E-state index in [9.17, 15) is 0 Å². The second-order valence-corrected chi connectivity index (χ2v) is 6.86. The first-order chi connectivity index (χ1) is 8.31. The molecular formula is C17H26O. The molecule has 3 rings (SSSR count). The van der Waals surface area contributed by atoms with Crippen LogP contribution in [0.3, 0.4) is 0 Å². The van der Waals surface area contributed by atoms with Crippen molar-refractivity contribution in [1.82, 2.24) is 0 Å². The van der Waals surface area contributed by atoms with Crippen LogP contribution in [-0.4, -0.2) is 6.10 Å². The fourth-order valence-corrected chi connectivity index (χ4v) is 2.49. The maximum atomic E-state index is 5.89. The van der Waals surface area contributed by atoms with Gasteiger partial charge in [0, 0.05) is 11.5 Å². The molecule has 0 spiro atoms. The highest BCUT2D eigenvalue weighted by molar-refractivity contribution is 5.53. The van der Waals surface area contributed by atoms with Crippen LogP contribution < -0.4 is 4.74 Å². The lowest BCUT2D eigenvalue weighted by Crippen LogP contribution is -2.26. The fourth-order valence-electron chi connectivity index (χ4n) is 2.49. The summed E-state index contributed by atoms with van der Waals surface area (Å²) in [6, 6.07) is 6.65. The molecule has 2 aliphatic rings. The fraction of sp³-hybridized carbons (Fsp3) is 0.647. The van der Waals surface area contributed by atoms with Crippen LogP contribution in [0, 0.1) is 11.3 Å². The molecule has 1 heteroatoms. The van der Waals surface area contributed by atoms with Crippen LogP contribution in [0.4, 0.5) is 0 Å². The zero-order valence-corrected chi connectivity index (χ0v) is 12.6. The molecule has 0 aromatic heterocycles. The van der Waals surface area contributed by atoms with Gasteiger partial charge in [0.15, 0.2) is 0 Å². The predicted octanol–water partition coefficient (Wildman–Crippen LogP) is 4.99. The highest BCUT2D eigenvalue weighted by Crippen LogP contribution is 2.49. The molecule has 2 bridgehead atoms. The van der Waals surface area contributed by atoms with E-state index in [-0.39, 0.29) is 6.10 Å². The minimum absolute atomic E-state index is 0.256. The Morgan fingerprint density at radius 2 is 1.83 bits per heavy atom. The Labute approximate surface area is 112 Å². The van der Waals surface area contributed by atoms with Crippen molar-refractivity contribution in [2.75, 3.05) is 0 Å². The van der Waals surface area contributed by atoms with E-state index in [1.165, 1.54) is 17.5 Å². The van der Waals surface area contributed by atoms with Crippen LogP contribution >= 0.6 is 0 Å². The van der Waals surface area contributed by atoms with E-state index in [0.717, 1.165) is 5.75 Å². The van der Waals surface area contributed by atoms with Crippen molar-refractivity contribution in [3.63, 3.8) is 0 Å². The molecule has 0 N–H and O–H groups in total. The molecule has 0 amide bonds. The molecular weight excluding hydrogens is 220 g/mol. The Hall–Kier alpha value is -0.980. The van der Waals surface area contributed by atoms with Crippen molar-refractivity contribution in [3.8, 4) is 5.75 Å². The quantitative estimate of drug-likeness (QED) is 0.711. The first-order valence-electron chi connectivity index (χ1n) is 7.12. The summed E-state index contributed by atoms with van der Waals surface area (Å²) in [7, 11) is 0. The molecule has 1 aromatic rings. The van der Waals surface area contributed by atoms with E-state index in [0.29, 0.717) is 17.3 Å². The predicted molar refractivity (Wildman–Crippen MR) is 77.3 cm³/mol. The van der Waals surface area contributed by atoms with Crippen molar-refractivity contribution < 1.29 is 4.74 Å². The zero-order valence-electron chi connectivity index (χ0n) is 12.6. The minimum Gasteiger partial charge on any atom is -0.491 e. The van der Waals surface area contributed by atoms with Crippen LogP contribution in [-0.2, 0) is 0 Å². The van der Waals surface area contributed by atoms with Crippen LogP contribution in [0.15, 0.2) is 18.2 Å². The Bertz CT molecular complexity index is 425. The van der Waals surface area contributed by atoms with Gasteiger partial charge in [-0.25, -0.2) is 0 Å². The molecule has 1 atom stereocenters. The van der Waals surface area contributed by atoms with Gasteiger partial charge in [0.2, 0.25) is 0 Å². The number of hydrogen-bond donors (Lipinski definition) is 0. The Kier molecular flexibility index (Phi) is 3.44. The van der Waals surface area contributed by atoms with E-state index in [4.69, 9.17) is 4.74 Å². The summed E-state index contributed by atoms with van der Waals surface area (Å²) in [4.78, 5) is 0. The van der Waals surface area contributed by atoms with E-state index in [1.807, 2.05) is 0 Å². The van der Waals surface area contributed by atoms with Crippen molar-refractivity contribution in [2.24, 2.45) is 11.3 Å².